The third kappa shape index (κ3) is 4.06. The number of nitrogens with one attached hydrogen (secondary N) is 2. The van der Waals surface area contributed by atoms with Gasteiger partial charge in [-0.3, -0.25) is 14.6 Å². The lowest BCUT2D eigenvalue weighted by atomic mass is 10.1. The first kappa shape index (κ1) is 16.8. The lowest BCUT2D eigenvalue weighted by molar-refractivity contribution is 0.0919. The second-order valence-corrected chi connectivity index (χ2v) is 6.69. The van der Waals surface area contributed by atoms with E-state index in [0.717, 1.165) is 0 Å². The Hall–Kier alpha value is -3.09. The number of fused-ring (bicyclic) bond motifs is 1. The topological polar surface area (TPSA) is 89.6 Å². The standard InChI is InChI=1S/C18H19N3O4/c1-18(2,3)21-17(23)12-6-11(8-19-9-12)16(22)20-13-4-5-14-15(7-13)25-10-24-14/h4-9H,10H2,1-3H3,(H,20,22)(H,21,23). The van der Waals surface area contributed by atoms with Gasteiger partial charge in [-0.25, -0.2) is 0 Å². The fourth-order valence-corrected chi connectivity index (χ4v) is 2.28. The van der Waals surface area contributed by atoms with Crippen molar-refractivity contribution in [1.29, 1.82) is 0 Å². The molecule has 0 saturated carbocycles. The lowest BCUT2D eigenvalue weighted by Gasteiger charge is -2.20. The van der Waals surface area contributed by atoms with Gasteiger partial charge in [0, 0.05) is 29.7 Å². The minimum Gasteiger partial charge on any atom is -0.454 e. The van der Waals surface area contributed by atoms with Gasteiger partial charge >= 0.3 is 0 Å². The summed E-state index contributed by atoms with van der Waals surface area (Å²) in [5, 5.41) is 5.59. The molecule has 0 radical (unpaired) electrons. The summed E-state index contributed by atoms with van der Waals surface area (Å²) in [6.07, 6.45) is 2.84. The molecule has 0 atom stereocenters. The zero-order chi connectivity index (χ0) is 18.0. The first-order valence-electron chi connectivity index (χ1n) is 7.80. The molecule has 2 amide bonds. The number of pyridine rings is 1. The molecule has 3 rings (SSSR count). The van der Waals surface area contributed by atoms with E-state index >= 15 is 0 Å². The zero-order valence-electron chi connectivity index (χ0n) is 14.3. The fourth-order valence-electron chi connectivity index (χ4n) is 2.28. The highest BCUT2D eigenvalue weighted by molar-refractivity contribution is 6.06. The summed E-state index contributed by atoms with van der Waals surface area (Å²) in [6.45, 7) is 5.82. The van der Waals surface area contributed by atoms with Crippen molar-refractivity contribution in [2.45, 2.75) is 26.3 Å². The fraction of sp³-hybridized carbons (Fsp3) is 0.278. The Kier molecular flexibility index (Phi) is 4.31. The van der Waals surface area contributed by atoms with Gasteiger partial charge in [0.15, 0.2) is 11.5 Å². The highest BCUT2D eigenvalue weighted by Gasteiger charge is 2.18. The SMILES string of the molecule is CC(C)(C)NC(=O)c1cncc(C(=O)Nc2ccc3c(c2)OCO3)c1. The number of anilines is 1. The predicted octanol–water partition coefficient (Wildman–Crippen LogP) is 2.59. The van der Waals surface area contributed by atoms with Crippen molar-refractivity contribution >= 4 is 17.5 Å². The van der Waals surface area contributed by atoms with Gasteiger partial charge < -0.3 is 20.1 Å². The van der Waals surface area contributed by atoms with Crippen molar-refractivity contribution in [2.24, 2.45) is 0 Å². The van der Waals surface area contributed by atoms with Crippen LogP contribution in [0.4, 0.5) is 5.69 Å². The molecule has 1 aromatic heterocycles. The van der Waals surface area contributed by atoms with Crippen LogP contribution >= 0.6 is 0 Å². The van der Waals surface area contributed by atoms with E-state index in [1.54, 1.807) is 18.2 Å². The molecule has 0 aliphatic carbocycles. The largest absolute Gasteiger partial charge is 0.454 e. The van der Waals surface area contributed by atoms with E-state index in [0.29, 0.717) is 28.3 Å². The Morgan fingerprint density at radius 2 is 1.68 bits per heavy atom. The van der Waals surface area contributed by atoms with Gasteiger partial charge in [-0.15, -0.1) is 0 Å². The molecule has 0 bridgehead atoms. The second kappa shape index (κ2) is 6.43. The Morgan fingerprint density at radius 3 is 2.40 bits per heavy atom. The molecule has 2 aromatic rings. The molecule has 0 spiro atoms. The molecule has 25 heavy (non-hydrogen) atoms. The molecule has 1 aliphatic heterocycles. The van der Waals surface area contributed by atoms with Gasteiger partial charge in [-0.05, 0) is 39.0 Å². The van der Waals surface area contributed by atoms with Crippen LogP contribution in [0.15, 0.2) is 36.7 Å². The summed E-state index contributed by atoms with van der Waals surface area (Å²) < 4.78 is 10.5. The van der Waals surface area contributed by atoms with Crippen molar-refractivity contribution in [3.05, 3.63) is 47.8 Å². The summed E-state index contributed by atoms with van der Waals surface area (Å²) in [7, 11) is 0. The number of aromatic nitrogens is 1. The number of benzene rings is 1. The van der Waals surface area contributed by atoms with Crippen LogP contribution in [0.3, 0.4) is 0 Å². The number of rotatable bonds is 3. The van der Waals surface area contributed by atoms with E-state index in [4.69, 9.17) is 9.47 Å². The molecule has 1 aliphatic rings. The van der Waals surface area contributed by atoms with Crippen LogP contribution < -0.4 is 20.1 Å². The maximum absolute atomic E-state index is 12.4. The maximum atomic E-state index is 12.4. The van der Waals surface area contributed by atoms with E-state index in [-0.39, 0.29) is 24.1 Å². The number of hydrogen-bond donors (Lipinski definition) is 2. The predicted molar refractivity (Wildman–Crippen MR) is 92.0 cm³/mol. The van der Waals surface area contributed by atoms with E-state index in [1.807, 2.05) is 20.8 Å². The Bertz CT molecular complexity index is 827. The van der Waals surface area contributed by atoms with Crippen LogP contribution in [-0.4, -0.2) is 29.1 Å². The Labute approximate surface area is 145 Å². The van der Waals surface area contributed by atoms with Gasteiger partial charge in [-0.1, -0.05) is 0 Å². The van der Waals surface area contributed by atoms with E-state index in [2.05, 4.69) is 15.6 Å². The molecule has 7 heteroatoms. The number of carbonyl (C=O) groups excluding carboxylic acids is 2. The molecule has 0 unspecified atom stereocenters. The molecule has 2 heterocycles. The molecule has 130 valence electrons. The van der Waals surface area contributed by atoms with Gasteiger partial charge in [-0.2, -0.15) is 0 Å². The normalized spacial score (nSPS) is 12.6. The zero-order valence-corrected chi connectivity index (χ0v) is 14.3. The van der Waals surface area contributed by atoms with Gasteiger partial charge in [0.25, 0.3) is 11.8 Å². The molecule has 1 aromatic carbocycles. The molecule has 2 N–H and O–H groups in total. The average molecular weight is 341 g/mol. The van der Waals surface area contributed by atoms with Crippen LogP contribution in [0.2, 0.25) is 0 Å². The quantitative estimate of drug-likeness (QED) is 0.896. The number of nitrogens with zero attached hydrogens (tertiary/aromatic N) is 1. The third-order valence-corrected chi connectivity index (χ3v) is 3.38. The Morgan fingerprint density at radius 1 is 1.00 bits per heavy atom. The summed E-state index contributed by atoms with van der Waals surface area (Å²) >= 11 is 0. The van der Waals surface area contributed by atoms with E-state index < -0.39 is 0 Å². The number of hydrogen-bond acceptors (Lipinski definition) is 5. The monoisotopic (exact) mass is 341 g/mol. The van der Waals surface area contributed by atoms with E-state index in [9.17, 15) is 9.59 Å². The molecule has 7 nitrogen and oxygen atoms in total. The summed E-state index contributed by atoms with van der Waals surface area (Å²) in [6, 6.07) is 6.64. The second-order valence-electron chi connectivity index (χ2n) is 6.69. The van der Waals surface area contributed by atoms with Crippen LogP contribution in [-0.2, 0) is 0 Å². The van der Waals surface area contributed by atoms with Crippen LogP contribution in [0.5, 0.6) is 11.5 Å². The number of carbonyl (C=O) groups is 2. The van der Waals surface area contributed by atoms with Crippen LogP contribution in [0.25, 0.3) is 0 Å². The summed E-state index contributed by atoms with van der Waals surface area (Å²) in [5.41, 5.74) is 0.813. The van der Waals surface area contributed by atoms with Crippen molar-refractivity contribution in [3.8, 4) is 11.5 Å². The van der Waals surface area contributed by atoms with Crippen molar-refractivity contribution in [3.63, 3.8) is 0 Å². The third-order valence-electron chi connectivity index (χ3n) is 3.38. The number of amides is 2. The lowest BCUT2D eigenvalue weighted by Crippen LogP contribution is -2.40. The minimum absolute atomic E-state index is 0.168. The summed E-state index contributed by atoms with van der Waals surface area (Å²) in [5.74, 6) is 0.573. The Balaban J connectivity index is 1.74. The number of ether oxygens (including phenoxy) is 2. The molecule has 0 saturated heterocycles. The van der Waals surface area contributed by atoms with Gasteiger partial charge in [0.2, 0.25) is 6.79 Å². The van der Waals surface area contributed by atoms with Gasteiger partial charge in [0.1, 0.15) is 0 Å². The molecular formula is C18H19N3O4. The van der Waals surface area contributed by atoms with Crippen molar-refractivity contribution in [1.82, 2.24) is 10.3 Å². The van der Waals surface area contributed by atoms with Crippen molar-refractivity contribution in [2.75, 3.05) is 12.1 Å². The molecule has 0 fully saturated rings. The minimum atomic E-state index is -0.373. The van der Waals surface area contributed by atoms with Crippen molar-refractivity contribution < 1.29 is 19.1 Å². The first-order chi connectivity index (χ1) is 11.8. The average Bonchev–Trinajstić information content (AvgIpc) is 3.01. The van der Waals surface area contributed by atoms with E-state index in [1.165, 1.54) is 18.5 Å². The maximum Gasteiger partial charge on any atom is 0.257 e. The smallest absolute Gasteiger partial charge is 0.257 e. The van der Waals surface area contributed by atoms with Gasteiger partial charge in [0.05, 0.1) is 11.1 Å². The van der Waals surface area contributed by atoms with Crippen LogP contribution in [0.1, 0.15) is 41.5 Å². The van der Waals surface area contributed by atoms with Crippen LogP contribution in [0, 0.1) is 0 Å². The summed E-state index contributed by atoms with van der Waals surface area (Å²) in [4.78, 5) is 28.6. The highest BCUT2D eigenvalue weighted by atomic mass is 16.7. The first-order valence-corrected chi connectivity index (χ1v) is 7.80. The highest BCUT2D eigenvalue weighted by Crippen LogP contribution is 2.34. The molecular weight excluding hydrogens is 322 g/mol.